The number of hydrogen-bond acceptors (Lipinski definition) is 6. The van der Waals surface area contributed by atoms with Crippen LogP contribution < -0.4 is 14.2 Å². The summed E-state index contributed by atoms with van der Waals surface area (Å²) in [6, 6.07) is 4.25. The second-order valence-corrected chi connectivity index (χ2v) is 7.34. The molecular weight excluding hydrogens is 338 g/mol. The molecule has 0 aliphatic carbocycles. The predicted molar refractivity (Wildman–Crippen MR) is 84.9 cm³/mol. The van der Waals surface area contributed by atoms with Crippen molar-refractivity contribution in [1.29, 1.82) is 0 Å². The van der Waals surface area contributed by atoms with Gasteiger partial charge in [0.2, 0.25) is 10.0 Å². The maximum atomic E-state index is 12.5. The summed E-state index contributed by atoms with van der Waals surface area (Å²) in [5.74, 6) is -0.376. The fourth-order valence-corrected chi connectivity index (χ4v) is 3.66. The predicted octanol–water partition coefficient (Wildman–Crippen LogP) is 0.863. The van der Waals surface area contributed by atoms with Crippen molar-refractivity contribution in [3.8, 4) is 11.5 Å². The second-order valence-electron chi connectivity index (χ2n) is 5.57. The van der Waals surface area contributed by atoms with Crippen LogP contribution in [0.2, 0.25) is 0 Å². The number of sulfonamides is 1. The number of ether oxygens (including phenoxy) is 3. The Bertz CT molecular complexity index is 674. The van der Waals surface area contributed by atoms with Gasteiger partial charge in [0.1, 0.15) is 11.5 Å². The summed E-state index contributed by atoms with van der Waals surface area (Å²) in [6.45, 7) is 0.384. The Morgan fingerprint density at radius 2 is 1.75 bits per heavy atom. The van der Waals surface area contributed by atoms with Gasteiger partial charge >= 0.3 is 5.97 Å². The highest BCUT2D eigenvalue weighted by atomic mass is 32.2. The molecule has 9 heteroatoms. The molecule has 0 radical (unpaired) electrons. The number of benzene rings is 1. The normalized spacial score (nSPS) is 17.2. The van der Waals surface area contributed by atoms with Gasteiger partial charge in [-0.05, 0) is 12.8 Å². The summed E-state index contributed by atoms with van der Waals surface area (Å²) in [5, 5.41) is 9.49. The number of carbonyl (C=O) groups is 1. The Morgan fingerprint density at radius 1 is 1.21 bits per heavy atom. The van der Waals surface area contributed by atoms with Gasteiger partial charge in [-0.15, -0.1) is 0 Å². The van der Waals surface area contributed by atoms with E-state index in [9.17, 15) is 18.3 Å². The third-order valence-electron chi connectivity index (χ3n) is 4.14. The van der Waals surface area contributed by atoms with Crippen LogP contribution in [0.25, 0.3) is 0 Å². The minimum Gasteiger partial charge on any atom is -0.497 e. The lowest BCUT2D eigenvalue weighted by atomic mass is 9.80. The van der Waals surface area contributed by atoms with Crippen LogP contribution in [0.1, 0.15) is 12.8 Å². The zero-order valence-electron chi connectivity index (χ0n) is 13.6. The molecule has 0 aromatic heterocycles. The molecule has 0 atom stereocenters. The number of carboxylic acid groups (broad SMARTS) is 1. The lowest BCUT2D eigenvalue weighted by Crippen LogP contribution is -2.46. The van der Waals surface area contributed by atoms with Gasteiger partial charge in [-0.2, -0.15) is 0 Å². The molecule has 1 aromatic carbocycles. The standard InChI is InChI=1S/C15H21NO7S/c1-21-11-7-12(22-2)9-13(8-11)24(19,20)16-10-15(14(17)18)3-5-23-6-4-15/h7-9,16H,3-6,10H2,1-2H3,(H,17,18). The van der Waals surface area contributed by atoms with Crippen molar-refractivity contribution in [3.63, 3.8) is 0 Å². The van der Waals surface area contributed by atoms with Crippen molar-refractivity contribution in [3.05, 3.63) is 18.2 Å². The minimum absolute atomic E-state index is 0.0497. The zero-order chi connectivity index (χ0) is 17.8. The number of hydrogen-bond donors (Lipinski definition) is 2. The van der Waals surface area contributed by atoms with Crippen LogP contribution in [-0.4, -0.2) is 53.5 Å². The van der Waals surface area contributed by atoms with E-state index in [0.717, 1.165) is 0 Å². The molecule has 1 fully saturated rings. The van der Waals surface area contributed by atoms with Gasteiger partial charge in [0.15, 0.2) is 0 Å². The summed E-state index contributed by atoms with van der Waals surface area (Å²) >= 11 is 0. The van der Waals surface area contributed by atoms with Crippen molar-refractivity contribution in [2.45, 2.75) is 17.7 Å². The van der Waals surface area contributed by atoms with Crippen LogP contribution in [0.5, 0.6) is 11.5 Å². The van der Waals surface area contributed by atoms with Gasteiger partial charge in [-0.3, -0.25) is 4.79 Å². The van der Waals surface area contributed by atoms with Crippen LogP contribution in [0.3, 0.4) is 0 Å². The van der Waals surface area contributed by atoms with E-state index in [2.05, 4.69) is 4.72 Å². The van der Waals surface area contributed by atoms with E-state index in [1.54, 1.807) is 6.07 Å². The van der Waals surface area contributed by atoms with Crippen LogP contribution in [0.4, 0.5) is 0 Å². The van der Waals surface area contributed by atoms with Crippen LogP contribution in [0.15, 0.2) is 23.1 Å². The molecular formula is C15H21NO7S. The van der Waals surface area contributed by atoms with E-state index in [4.69, 9.17) is 14.2 Å². The molecule has 1 heterocycles. The SMILES string of the molecule is COc1cc(OC)cc(S(=O)(=O)NCC2(C(=O)O)CCOCC2)c1. The lowest BCUT2D eigenvalue weighted by Gasteiger charge is -2.33. The van der Waals surface area contributed by atoms with E-state index in [0.29, 0.717) is 24.7 Å². The van der Waals surface area contributed by atoms with Crippen molar-refractivity contribution < 1.29 is 32.5 Å². The number of aliphatic carboxylic acids is 1. The van der Waals surface area contributed by atoms with E-state index >= 15 is 0 Å². The first-order valence-electron chi connectivity index (χ1n) is 7.37. The molecule has 0 unspecified atom stereocenters. The highest BCUT2D eigenvalue weighted by Gasteiger charge is 2.41. The molecule has 1 aromatic rings. The number of methoxy groups -OCH3 is 2. The molecule has 1 saturated heterocycles. The Hall–Kier alpha value is -1.84. The maximum Gasteiger partial charge on any atom is 0.311 e. The fraction of sp³-hybridized carbons (Fsp3) is 0.533. The molecule has 134 valence electrons. The average Bonchev–Trinajstić information content (AvgIpc) is 2.60. The molecule has 24 heavy (non-hydrogen) atoms. The summed E-state index contributed by atoms with van der Waals surface area (Å²) in [7, 11) is -1.08. The van der Waals surface area contributed by atoms with Crippen LogP contribution >= 0.6 is 0 Å². The van der Waals surface area contributed by atoms with Crippen LogP contribution in [-0.2, 0) is 19.6 Å². The van der Waals surface area contributed by atoms with Crippen molar-refractivity contribution in [2.75, 3.05) is 34.0 Å². The van der Waals surface area contributed by atoms with Gasteiger partial charge in [-0.25, -0.2) is 13.1 Å². The third-order valence-corrected chi connectivity index (χ3v) is 5.52. The van der Waals surface area contributed by atoms with E-state index in [1.807, 2.05) is 0 Å². The monoisotopic (exact) mass is 359 g/mol. The zero-order valence-corrected chi connectivity index (χ0v) is 14.4. The Labute approximate surface area is 140 Å². The minimum atomic E-state index is -3.91. The van der Waals surface area contributed by atoms with E-state index in [-0.39, 0.29) is 24.3 Å². The average molecular weight is 359 g/mol. The molecule has 0 amide bonds. The fourth-order valence-electron chi connectivity index (χ4n) is 2.48. The van der Waals surface area contributed by atoms with Gasteiger partial charge in [0, 0.05) is 38.0 Å². The lowest BCUT2D eigenvalue weighted by molar-refractivity contribution is -0.154. The topological polar surface area (TPSA) is 111 Å². The van der Waals surface area contributed by atoms with Gasteiger partial charge in [0.25, 0.3) is 0 Å². The first kappa shape index (κ1) is 18.5. The third kappa shape index (κ3) is 3.97. The maximum absolute atomic E-state index is 12.5. The number of carboxylic acids is 1. The second kappa shape index (κ2) is 7.37. The Balaban J connectivity index is 2.23. The van der Waals surface area contributed by atoms with Gasteiger partial charge < -0.3 is 19.3 Å². The summed E-state index contributed by atoms with van der Waals surface area (Å²) < 4.78 is 42.8. The Kier molecular flexibility index (Phi) is 5.68. The first-order chi connectivity index (χ1) is 11.3. The largest absolute Gasteiger partial charge is 0.497 e. The van der Waals surface area contributed by atoms with Crippen molar-refractivity contribution >= 4 is 16.0 Å². The van der Waals surface area contributed by atoms with Crippen LogP contribution in [0, 0.1) is 5.41 Å². The van der Waals surface area contributed by atoms with Crippen molar-refractivity contribution in [2.24, 2.45) is 5.41 Å². The Morgan fingerprint density at radius 3 is 2.21 bits per heavy atom. The summed E-state index contributed by atoms with van der Waals surface area (Å²) in [6.07, 6.45) is 0.512. The molecule has 0 spiro atoms. The highest BCUT2D eigenvalue weighted by molar-refractivity contribution is 7.89. The molecule has 2 rings (SSSR count). The van der Waals surface area contributed by atoms with E-state index < -0.39 is 21.4 Å². The quantitative estimate of drug-likeness (QED) is 0.743. The number of rotatable bonds is 7. The van der Waals surface area contributed by atoms with Gasteiger partial charge in [-0.1, -0.05) is 0 Å². The van der Waals surface area contributed by atoms with E-state index in [1.165, 1.54) is 26.4 Å². The van der Waals surface area contributed by atoms with Gasteiger partial charge in [0.05, 0.1) is 24.5 Å². The molecule has 0 bridgehead atoms. The molecule has 1 aliphatic rings. The number of nitrogens with one attached hydrogen (secondary N) is 1. The van der Waals surface area contributed by atoms with Crippen molar-refractivity contribution in [1.82, 2.24) is 4.72 Å². The molecule has 0 saturated carbocycles. The molecule has 1 aliphatic heterocycles. The molecule has 8 nitrogen and oxygen atoms in total. The highest BCUT2D eigenvalue weighted by Crippen LogP contribution is 2.31. The molecule has 2 N–H and O–H groups in total. The smallest absolute Gasteiger partial charge is 0.311 e. The summed E-state index contributed by atoms with van der Waals surface area (Å²) in [4.78, 5) is 11.6. The summed E-state index contributed by atoms with van der Waals surface area (Å²) in [5.41, 5.74) is -1.16. The first-order valence-corrected chi connectivity index (χ1v) is 8.85.